The standard InChI is InChI=1S/C14H29NO/c1-4-6-13(5-2)15-11-14(16)9-7-12(3)8-10-14/h12-13,15-16H,4-11H2,1-3H3. The van der Waals surface area contributed by atoms with Crippen molar-refractivity contribution in [2.45, 2.75) is 77.4 Å². The van der Waals surface area contributed by atoms with Crippen LogP contribution in [0.2, 0.25) is 0 Å². The first kappa shape index (κ1) is 14.0. The smallest absolute Gasteiger partial charge is 0.0771 e. The lowest BCUT2D eigenvalue weighted by atomic mass is 9.79. The topological polar surface area (TPSA) is 32.3 Å². The van der Waals surface area contributed by atoms with Crippen molar-refractivity contribution < 1.29 is 5.11 Å². The van der Waals surface area contributed by atoms with Crippen molar-refractivity contribution in [2.24, 2.45) is 5.92 Å². The van der Waals surface area contributed by atoms with Crippen LogP contribution in [0.5, 0.6) is 0 Å². The summed E-state index contributed by atoms with van der Waals surface area (Å²) in [6.07, 6.45) is 7.93. The molecule has 16 heavy (non-hydrogen) atoms. The Morgan fingerprint density at radius 2 is 1.94 bits per heavy atom. The molecule has 1 saturated carbocycles. The predicted molar refractivity (Wildman–Crippen MR) is 69.6 cm³/mol. The molecule has 1 fully saturated rings. The van der Waals surface area contributed by atoms with Crippen LogP contribution < -0.4 is 5.32 Å². The van der Waals surface area contributed by atoms with Gasteiger partial charge in [0.05, 0.1) is 5.60 Å². The first-order chi connectivity index (χ1) is 7.59. The maximum Gasteiger partial charge on any atom is 0.0771 e. The minimum absolute atomic E-state index is 0.423. The molecule has 0 heterocycles. The summed E-state index contributed by atoms with van der Waals surface area (Å²) in [5.41, 5.74) is -0.423. The number of hydrogen-bond acceptors (Lipinski definition) is 2. The van der Waals surface area contributed by atoms with E-state index in [-0.39, 0.29) is 0 Å². The average Bonchev–Trinajstić information content (AvgIpc) is 2.29. The van der Waals surface area contributed by atoms with Crippen molar-refractivity contribution in [3.05, 3.63) is 0 Å². The van der Waals surface area contributed by atoms with E-state index >= 15 is 0 Å². The van der Waals surface area contributed by atoms with Gasteiger partial charge in [-0.3, -0.25) is 0 Å². The number of hydrogen-bond donors (Lipinski definition) is 2. The minimum Gasteiger partial charge on any atom is -0.389 e. The zero-order valence-electron chi connectivity index (χ0n) is 11.3. The Labute approximate surface area is 101 Å². The molecule has 0 bridgehead atoms. The second-order valence-electron chi connectivity index (χ2n) is 5.68. The summed E-state index contributed by atoms with van der Waals surface area (Å²) in [7, 11) is 0. The van der Waals surface area contributed by atoms with Crippen LogP contribution in [0.3, 0.4) is 0 Å². The third kappa shape index (κ3) is 4.42. The van der Waals surface area contributed by atoms with Gasteiger partial charge in [-0.15, -0.1) is 0 Å². The van der Waals surface area contributed by atoms with Crippen molar-refractivity contribution in [1.82, 2.24) is 5.32 Å². The van der Waals surface area contributed by atoms with E-state index in [2.05, 4.69) is 26.1 Å². The molecule has 1 atom stereocenters. The molecule has 0 aromatic heterocycles. The van der Waals surface area contributed by atoms with Gasteiger partial charge >= 0.3 is 0 Å². The van der Waals surface area contributed by atoms with E-state index < -0.39 is 5.60 Å². The second kappa shape index (κ2) is 6.61. The molecule has 1 rings (SSSR count). The van der Waals surface area contributed by atoms with Gasteiger partial charge < -0.3 is 10.4 Å². The molecule has 0 saturated heterocycles. The van der Waals surface area contributed by atoms with Gasteiger partial charge in [0.1, 0.15) is 0 Å². The van der Waals surface area contributed by atoms with Gasteiger partial charge in [0.25, 0.3) is 0 Å². The third-order valence-corrected chi connectivity index (χ3v) is 4.05. The van der Waals surface area contributed by atoms with Crippen LogP contribution in [0.1, 0.15) is 65.7 Å². The molecule has 1 unspecified atom stereocenters. The highest BCUT2D eigenvalue weighted by Gasteiger charge is 2.31. The van der Waals surface area contributed by atoms with Crippen molar-refractivity contribution in [2.75, 3.05) is 6.54 Å². The van der Waals surface area contributed by atoms with Gasteiger partial charge in [-0.1, -0.05) is 27.2 Å². The Morgan fingerprint density at radius 3 is 2.44 bits per heavy atom. The van der Waals surface area contributed by atoms with Gasteiger partial charge in [-0.25, -0.2) is 0 Å². The summed E-state index contributed by atoms with van der Waals surface area (Å²) < 4.78 is 0. The number of rotatable bonds is 6. The molecule has 96 valence electrons. The highest BCUT2D eigenvalue weighted by molar-refractivity contribution is 4.87. The number of aliphatic hydroxyl groups is 1. The molecule has 0 spiro atoms. The van der Waals surface area contributed by atoms with E-state index in [0.29, 0.717) is 6.04 Å². The van der Waals surface area contributed by atoms with Gasteiger partial charge in [0.2, 0.25) is 0 Å². The SMILES string of the molecule is CCCC(CC)NCC1(O)CCC(C)CC1. The second-order valence-corrected chi connectivity index (χ2v) is 5.68. The predicted octanol–water partition coefficient (Wildman–Crippen LogP) is 3.10. The Kier molecular flexibility index (Phi) is 5.77. The summed E-state index contributed by atoms with van der Waals surface area (Å²) in [6.45, 7) is 7.53. The molecule has 0 aliphatic heterocycles. The number of nitrogens with one attached hydrogen (secondary N) is 1. The lowest BCUT2D eigenvalue weighted by molar-refractivity contribution is -0.00844. The van der Waals surface area contributed by atoms with E-state index in [1.54, 1.807) is 0 Å². The van der Waals surface area contributed by atoms with Gasteiger partial charge in [0, 0.05) is 12.6 Å². The molecule has 2 N–H and O–H groups in total. The quantitative estimate of drug-likeness (QED) is 0.731. The summed E-state index contributed by atoms with van der Waals surface area (Å²) in [6, 6.07) is 0.591. The molecule has 1 aliphatic carbocycles. The monoisotopic (exact) mass is 227 g/mol. The van der Waals surface area contributed by atoms with Gasteiger partial charge in [-0.2, -0.15) is 0 Å². The highest BCUT2D eigenvalue weighted by Crippen LogP contribution is 2.31. The van der Waals surface area contributed by atoms with E-state index in [4.69, 9.17) is 0 Å². The fraction of sp³-hybridized carbons (Fsp3) is 1.00. The van der Waals surface area contributed by atoms with E-state index in [1.807, 2.05) is 0 Å². The average molecular weight is 227 g/mol. The Balaban J connectivity index is 2.29. The Bertz CT molecular complexity index is 185. The first-order valence-corrected chi connectivity index (χ1v) is 7.05. The Morgan fingerprint density at radius 1 is 1.31 bits per heavy atom. The minimum atomic E-state index is -0.423. The lowest BCUT2D eigenvalue weighted by Gasteiger charge is -2.36. The Hall–Kier alpha value is -0.0800. The van der Waals surface area contributed by atoms with Crippen LogP contribution in [0.25, 0.3) is 0 Å². The molecule has 0 radical (unpaired) electrons. The van der Waals surface area contributed by atoms with Gasteiger partial charge in [0.15, 0.2) is 0 Å². The molecule has 0 amide bonds. The maximum absolute atomic E-state index is 10.4. The lowest BCUT2D eigenvalue weighted by Crippen LogP contribution is -2.46. The molecule has 2 heteroatoms. The highest BCUT2D eigenvalue weighted by atomic mass is 16.3. The third-order valence-electron chi connectivity index (χ3n) is 4.05. The zero-order chi connectivity index (χ0) is 12.0. The fourth-order valence-corrected chi connectivity index (χ4v) is 2.61. The van der Waals surface area contributed by atoms with Crippen LogP contribution in [-0.4, -0.2) is 23.3 Å². The summed E-state index contributed by atoms with van der Waals surface area (Å²) in [5.74, 6) is 0.804. The van der Waals surface area contributed by atoms with Crippen molar-refractivity contribution in [1.29, 1.82) is 0 Å². The van der Waals surface area contributed by atoms with E-state index in [9.17, 15) is 5.11 Å². The van der Waals surface area contributed by atoms with E-state index in [0.717, 1.165) is 25.3 Å². The molecule has 0 aromatic carbocycles. The molecule has 2 nitrogen and oxygen atoms in total. The van der Waals surface area contributed by atoms with Crippen LogP contribution in [0, 0.1) is 5.92 Å². The normalized spacial score (nSPS) is 32.6. The van der Waals surface area contributed by atoms with Crippen molar-refractivity contribution >= 4 is 0 Å². The van der Waals surface area contributed by atoms with Crippen molar-refractivity contribution in [3.63, 3.8) is 0 Å². The summed E-state index contributed by atoms with van der Waals surface area (Å²) in [4.78, 5) is 0. The van der Waals surface area contributed by atoms with Crippen LogP contribution in [0.4, 0.5) is 0 Å². The van der Waals surface area contributed by atoms with Gasteiger partial charge in [-0.05, 0) is 44.4 Å². The van der Waals surface area contributed by atoms with Crippen molar-refractivity contribution in [3.8, 4) is 0 Å². The molecular formula is C14H29NO. The summed E-state index contributed by atoms with van der Waals surface area (Å²) >= 11 is 0. The largest absolute Gasteiger partial charge is 0.389 e. The molecular weight excluding hydrogens is 198 g/mol. The van der Waals surface area contributed by atoms with Crippen LogP contribution in [-0.2, 0) is 0 Å². The summed E-state index contributed by atoms with van der Waals surface area (Å²) in [5, 5.41) is 14.0. The van der Waals surface area contributed by atoms with Crippen LogP contribution >= 0.6 is 0 Å². The first-order valence-electron chi connectivity index (χ1n) is 7.05. The fourth-order valence-electron chi connectivity index (χ4n) is 2.61. The van der Waals surface area contributed by atoms with Crippen LogP contribution in [0.15, 0.2) is 0 Å². The molecule has 1 aliphatic rings. The zero-order valence-corrected chi connectivity index (χ0v) is 11.3. The maximum atomic E-state index is 10.4. The molecule has 0 aromatic rings. The van der Waals surface area contributed by atoms with E-state index in [1.165, 1.54) is 32.1 Å².